The summed E-state index contributed by atoms with van der Waals surface area (Å²) in [6.45, 7) is 0. The topological polar surface area (TPSA) is 67.4 Å². The van der Waals surface area contributed by atoms with Gasteiger partial charge in [0.1, 0.15) is 17.4 Å². The van der Waals surface area contributed by atoms with Crippen molar-refractivity contribution in [2.75, 3.05) is 17.7 Å². The third-order valence-corrected chi connectivity index (χ3v) is 3.92. The molecule has 5 nitrogen and oxygen atoms in total. The number of hydrogen-bond acceptors (Lipinski definition) is 3. The lowest BCUT2D eigenvalue weighted by Crippen LogP contribution is -2.15. The highest BCUT2D eigenvalue weighted by atomic mass is 19.1. The molecule has 0 heterocycles. The van der Waals surface area contributed by atoms with E-state index in [1.54, 1.807) is 24.3 Å². The molecule has 0 aliphatic heterocycles. The van der Waals surface area contributed by atoms with Gasteiger partial charge >= 0.3 is 0 Å². The molecular weight excluding hydrogens is 366 g/mol. The van der Waals surface area contributed by atoms with Gasteiger partial charge in [-0.1, -0.05) is 6.07 Å². The molecule has 2 N–H and O–H groups in total. The number of ether oxygens (including phenoxy) is 1. The lowest BCUT2D eigenvalue weighted by molar-refractivity contribution is 0.101. The Morgan fingerprint density at radius 3 is 2.07 bits per heavy atom. The summed E-state index contributed by atoms with van der Waals surface area (Å²) in [6.07, 6.45) is 0. The summed E-state index contributed by atoms with van der Waals surface area (Å²) < 4.78 is 31.7. The molecule has 0 aliphatic carbocycles. The van der Waals surface area contributed by atoms with E-state index in [4.69, 9.17) is 4.74 Å². The predicted octanol–water partition coefficient (Wildman–Crippen LogP) is 4.48. The molecule has 0 radical (unpaired) electrons. The van der Waals surface area contributed by atoms with Gasteiger partial charge in [0.05, 0.1) is 12.8 Å². The number of nitrogens with one attached hydrogen (secondary N) is 2. The zero-order chi connectivity index (χ0) is 20.1. The van der Waals surface area contributed by atoms with Crippen LogP contribution in [-0.4, -0.2) is 18.9 Å². The van der Waals surface area contributed by atoms with Gasteiger partial charge in [-0.25, -0.2) is 8.78 Å². The molecular formula is C21H16F2N2O3. The molecule has 0 aromatic heterocycles. The van der Waals surface area contributed by atoms with Gasteiger partial charge in [0.15, 0.2) is 0 Å². The van der Waals surface area contributed by atoms with Crippen molar-refractivity contribution in [2.45, 2.75) is 0 Å². The number of rotatable bonds is 5. The number of amides is 2. The first-order valence-corrected chi connectivity index (χ1v) is 8.28. The SMILES string of the molecule is COc1cccc(NC(=O)c2ccc(C(=O)Nc3ccc(F)cc3F)cc2)c1. The minimum absolute atomic E-state index is 0.133. The predicted molar refractivity (Wildman–Crippen MR) is 102 cm³/mol. The van der Waals surface area contributed by atoms with Gasteiger partial charge in [-0.3, -0.25) is 9.59 Å². The maximum Gasteiger partial charge on any atom is 0.255 e. The molecule has 0 fully saturated rings. The van der Waals surface area contributed by atoms with Crippen molar-refractivity contribution in [1.82, 2.24) is 0 Å². The Balaban J connectivity index is 1.68. The highest BCUT2D eigenvalue weighted by Crippen LogP contribution is 2.19. The van der Waals surface area contributed by atoms with E-state index in [9.17, 15) is 18.4 Å². The summed E-state index contributed by atoms with van der Waals surface area (Å²) in [4.78, 5) is 24.5. The van der Waals surface area contributed by atoms with Crippen LogP contribution < -0.4 is 15.4 Å². The molecule has 0 saturated heterocycles. The monoisotopic (exact) mass is 382 g/mol. The lowest BCUT2D eigenvalue weighted by Gasteiger charge is -2.09. The van der Waals surface area contributed by atoms with Crippen LogP contribution in [0.5, 0.6) is 5.75 Å². The van der Waals surface area contributed by atoms with E-state index in [1.165, 1.54) is 31.4 Å². The molecule has 0 spiro atoms. The van der Waals surface area contributed by atoms with Crippen LogP contribution in [-0.2, 0) is 0 Å². The third-order valence-electron chi connectivity index (χ3n) is 3.92. The van der Waals surface area contributed by atoms with Gasteiger partial charge < -0.3 is 15.4 Å². The first-order chi connectivity index (χ1) is 13.5. The van der Waals surface area contributed by atoms with Crippen LogP contribution in [0.2, 0.25) is 0 Å². The number of carbonyl (C=O) groups excluding carboxylic acids is 2. The Bertz CT molecular complexity index is 1020. The second kappa shape index (κ2) is 8.30. The molecule has 7 heteroatoms. The number of anilines is 2. The fraction of sp³-hybridized carbons (Fsp3) is 0.0476. The minimum Gasteiger partial charge on any atom is -0.497 e. The van der Waals surface area contributed by atoms with Crippen LogP contribution in [0.25, 0.3) is 0 Å². The molecule has 28 heavy (non-hydrogen) atoms. The van der Waals surface area contributed by atoms with Crippen molar-refractivity contribution in [3.63, 3.8) is 0 Å². The third kappa shape index (κ3) is 4.50. The van der Waals surface area contributed by atoms with Gasteiger partial charge in [0.25, 0.3) is 11.8 Å². The Morgan fingerprint density at radius 1 is 0.821 bits per heavy atom. The number of benzene rings is 3. The summed E-state index contributed by atoms with van der Waals surface area (Å²) in [5, 5.41) is 5.09. The molecule has 3 rings (SSSR count). The molecule has 3 aromatic carbocycles. The number of carbonyl (C=O) groups is 2. The average Bonchev–Trinajstić information content (AvgIpc) is 2.70. The van der Waals surface area contributed by atoms with E-state index < -0.39 is 17.5 Å². The normalized spacial score (nSPS) is 10.2. The Kier molecular flexibility index (Phi) is 5.64. The minimum atomic E-state index is -0.873. The molecule has 0 saturated carbocycles. The first-order valence-electron chi connectivity index (χ1n) is 8.28. The van der Waals surface area contributed by atoms with Gasteiger partial charge in [-0.15, -0.1) is 0 Å². The van der Waals surface area contributed by atoms with Crippen LogP contribution in [0.4, 0.5) is 20.2 Å². The van der Waals surface area contributed by atoms with Crippen LogP contribution in [0.1, 0.15) is 20.7 Å². The van der Waals surface area contributed by atoms with Crippen LogP contribution in [0.15, 0.2) is 66.7 Å². The zero-order valence-corrected chi connectivity index (χ0v) is 14.8. The van der Waals surface area contributed by atoms with Crippen molar-refractivity contribution in [2.24, 2.45) is 0 Å². The average molecular weight is 382 g/mol. The molecule has 0 atom stereocenters. The largest absolute Gasteiger partial charge is 0.497 e. The van der Waals surface area contributed by atoms with Crippen molar-refractivity contribution < 1.29 is 23.1 Å². The van der Waals surface area contributed by atoms with E-state index in [0.717, 1.165) is 12.1 Å². The fourth-order valence-electron chi connectivity index (χ4n) is 2.46. The smallest absolute Gasteiger partial charge is 0.255 e. The molecule has 142 valence electrons. The maximum atomic E-state index is 13.6. The molecule has 0 aliphatic rings. The zero-order valence-electron chi connectivity index (χ0n) is 14.8. The van der Waals surface area contributed by atoms with E-state index in [2.05, 4.69) is 10.6 Å². The van der Waals surface area contributed by atoms with E-state index in [1.807, 2.05) is 0 Å². The Hall–Kier alpha value is -3.74. The number of methoxy groups -OCH3 is 1. The van der Waals surface area contributed by atoms with Crippen molar-refractivity contribution in [3.8, 4) is 5.75 Å². The fourth-order valence-corrected chi connectivity index (χ4v) is 2.46. The van der Waals surface area contributed by atoms with Crippen LogP contribution in [0, 0.1) is 11.6 Å². The van der Waals surface area contributed by atoms with E-state index in [0.29, 0.717) is 23.1 Å². The van der Waals surface area contributed by atoms with Crippen LogP contribution in [0.3, 0.4) is 0 Å². The number of hydrogen-bond donors (Lipinski definition) is 2. The van der Waals surface area contributed by atoms with Crippen LogP contribution >= 0.6 is 0 Å². The highest BCUT2D eigenvalue weighted by molar-refractivity contribution is 6.07. The standard InChI is InChI=1S/C21H16F2N2O3/c1-28-17-4-2-3-16(12-17)24-20(26)13-5-7-14(8-6-13)21(27)25-19-10-9-15(22)11-18(19)23/h2-12H,1H3,(H,24,26)(H,25,27). The maximum absolute atomic E-state index is 13.6. The van der Waals surface area contributed by atoms with Gasteiger partial charge in [-0.2, -0.15) is 0 Å². The summed E-state index contributed by atoms with van der Waals surface area (Å²) in [7, 11) is 1.53. The highest BCUT2D eigenvalue weighted by Gasteiger charge is 2.12. The molecule has 3 aromatic rings. The van der Waals surface area contributed by atoms with Gasteiger partial charge in [0, 0.05) is 28.9 Å². The number of halogens is 2. The van der Waals surface area contributed by atoms with E-state index >= 15 is 0 Å². The quantitative estimate of drug-likeness (QED) is 0.684. The lowest BCUT2D eigenvalue weighted by atomic mass is 10.1. The Labute approximate surface area is 160 Å². The summed E-state index contributed by atoms with van der Waals surface area (Å²) >= 11 is 0. The first kappa shape index (κ1) is 19.0. The summed E-state index contributed by atoms with van der Waals surface area (Å²) in [5.74, 6) is -1.93. The van der Waals surface area contributed by atoms with Gasteiger partial charge in [0.2, 0.25) is 0 Å². The molecule has 0 bridgehead atoms. The van der Waals surface area contributed by atoms with Crippen molar-refractivity contribution in [3.05, 3.63) is 89.5 Å². The van der Waals surface area contributed by atoms with Crippen molar-refractivity contribution >= 4 is 23.2 Å². The van der Waals surface area contributed by atoms with Gasteiger partial charge in [-0.05, 0) is 48.5 Å². The summed E-state index contributed by atoms with van der Waals surface area (Å²) in [6, 6.07) is 15.6. The summed E-state index contributed by atoms with van der Waals surface area (Å²) in [5.41, 5.74) is 0.998. The Morgan fingerprint density at radius 2 is 1.46 bits per heavy atom. The molecule has 0 unspecified atom stereocenters. The second-order valence-electron chi connectivity index (χ2n) is 5.84. The van der Waals surface area contributed by atoms with E-state index in [-0.39, 0.29) is 17.2 Å². The van der Waals surface area contributed by atoms with Crippen molar-refractivity contribution in [1.29, 1.82) is 0 Å². The molecule has 2 amide bonds. The second-order valence-corrected chi connectivity index (χ2v) is 5.84.